The number of likely N-dealkylation sites (N-methyl/N-ethyl adjacent to an activating group) is 1. The number of nitrogens with two attached hydrogens (primary N) is 3. The predicted octanol–water partition coefficient (Wildman–Crippen LogP) is 0.580. The van der Waals surface area contributed by atoms with Crippen molar-refractivity contribution in [2.24, 2.45) is 11.7 Å². The number of aromatic nitrogens is 4. The Balaban J connectivity index is 0.000000334. The van der Waals surface area contributed by atoms with Gasteiger partial charge in [-0.05, 0) is 19.1 Å². The van der Waals surface area contributed by atoms with E-state index in [1.807, 2.05) is 42.3 Å². The third-order valence-corrected chi connectivity index (χ3v) is 5.74. The summed E-state index contributed by atoms with van der Waals surface area (Å²) in [7, 11) is 0.272. The normalized spacial score (nSPS) is 16.5. The van der Waals surface area contributed by atoms with Crippen molar-refractivity contribution in [3.63, 3.8) is 0 Å². The molecule has 2 aromatic heterocycles. The molecule has 3 rings (SSSR count). The molecule has 2 heterocycles. The van der Waals surface area contributed by atoms with Crippen molar-refractivity contribution in [2.45, 2.75) is 19.6 Å². The molecule has 0 aliphatic heterocycles. The molecule has 3 atom stereocenters. The largest absolute Gasteiger partial charge is 0.479 e. The standard InChI is InChI=1S/C16H17N7O.C5H12NO4P/c1-23(12-4-2-3-10(9-24)5-6-12)8-11-7-19-15-13(20-11)14(17)21-16(18)22-15;1-4(5(7)8)10-11(9)3-2-6/h2-7,9-10H,8H2,1H3,(H4,17,18,19,21,22);4,9H,2-3,6H2,1H3,(H,7,8). The van der Waals surface area contributed by atoms with Crippen molar-refractivity contribution in [3.8, 4) is 0 Å². The lowest BCUT2D eigenvalue weighted by molar-refractivity contribution is -0.144. The summed E-state index contributed by atoms with van der Waals surface area (Å²) < 4.78 is 4.69. The molecule has 0 aromatic carbocycles. The van der Waals surface area contributed by atoms with E-state index in [9.17, 15) is 9.59 Å². The van der Waals surface area contributed by atoms with E-state index >= 15 is 0 Å². The second-order valence-electron chi connectivity index (χ2n) is 7.36. The van der Waals surface area contributed by atoms with E-state index in [-0.39, 0.29) is 17.7 Å². The molecule has 1 aliphatic carbocycles. The third-order valence-electron chi connectivity index (χ3n) is 4.54. The Bertz CT molecular complexity index is 1130. The number of carbonyl (C=O) groups excluding carboxylic acids is 1. The van der Waals surface area contributed by atoms with Gasteiger partial charge in [-0.1, -0.05) is 18.2 Å². The van der Waals surface area contributed by atoms with Gasteiger partial charge in [-0.15, -0.1) is 0 Å². The maximum absolute atomic E-state index is 10.9. The number of hydrogen-bond acceptors (Lipinski definition) is 12. The molecule has 0 fully saturated rings. The van der Waals surface area contributed by atoms with Crippen LogP contribution < -0.4 is 17.2 Å². The van der Waals surface area contributed by atoms with Crippen molar-refractivity contribution in [3.05, 3.63) is 48.0 Å². The zero-order chi connectivity index (χ0) is 26.0. The number of aldehydes is 1. The number of nitrogens with zero attached hydrogens (tertiary/aromatic N) is 5. The molecule has 0 saturated heterocycles. The van der Waals surface area contributed by atoms with Crippen LogP contribution in [-0.2, 0) is 20.7 Å². The second kappa shape index (κ2) is 13.4. The number of aliphatic carboxylic acids is 1. The monoisotopic (exact) mass is 504 g/mol. The zero-order valence-corrected chi connectivity index (χ0v) is 20.2. The van der Waals surface area contributed by atoms with E-state index in [1.54, 1.807) is 6.20 Å². The first kappa shape index (κ1) is 27.7. The number of carbonyl (C=O) groups is 2. The van der Waals surface area contributed by atoms with Crippen LogP contribution in [0.5, 0.6) is 0 Å². The summed E-state index contributed by atoms with van der Waals surface area (Å²) in [6.45, 7) is 2.18. The fourth-order valence-corrected chi connectivity index (χ4v) is 3.52. The van der Waals surface area contributed by atoms with Crippen LogP contribution in [0.1, 0.15) is 12.6 Å². The first-order chi connectivity index (χ1) is 16.6. The number of anilines is 2. The summed E-state index contributed by atoms with van der Waals surface area (Å²) in [5, 5.41) is 8.34. The minimum atomic E-state index is -1.66. The molecule has 1 aliphatic rings. The predicted molar refractivity (Wildman–Crippen MR) is 133 cm³/mol. The summed E-state index contributed by atoms with van der Waals surface area (Å²) in [6.07, 6.45) is 11.3. The Morgan fingerprint density at radius 3 is 2.71 bits per heavy atom. The molecule has 14 heteroatoms. The highest BCUT2D eigenvalue weighted by molar-refractivity contribution is 7.46. The number of fused-ring (bicyclic) bond motifs is 1. The van der Waals surface area contributed by atoms with Crippen LogP contribution in [0.15, 0.2) is 42.3 Å². The first-order valence-corrected chi connectivity index (χ1v) is 11.9. The Hall–Kier alpha value is -3.51. The smallest absolute Gasteiger partial charge is 0.332 e. The number of allylic oxidation sites excluding steroid dienone is 5. The summed E-state index contributed by atoms with van der Waals surface area (Å²) in [6, 6.07) is 0. The van der Waals surface area contributed by atoms with Gasteiger partial charge in [0.05, 0.1) is 24.4 Å². The van der Waals surface area contributed by atoms with Gasteiger partial charge in [-0.25, -0.2) is 14.8 Å². The highest BCUT2D eigenvalue weighted by atomic mass is 31.2. The van der Waals surface area contributed by atoms with Crippen molar-refractivity contribution < 1.29 is 24.1 Å². The van der Waals surface area contributed by atoms with Crippen LogP contribution in [0.25, 0.3) is 11.2 Å². The third kappa shape index (κ3) is 8.65. The van der Waals surface area contributed by atoms with Crippen LogP contribution in [-0.4, -0.2) is 72.9 Å². The van der Waals surface area contributed by atoms with Gasteiger partial charge in [-0.2, -0.15) is 9.97 Å². The molecule has 0 bridgehead atoms. The first-order valence-electron chi connectivity index (χ1n) is 10.5. The van der Waals surface area contributed by atoms with E-state index in [1.165, 1.54) is 6.92 Å². The average Bonchev–Trinajstić information content (AvgIpc) is 3.06. The fraction of sp³-hybridized carbons (Fsp3) is 0.333. The quantitative estimate of drug-likeness (QED) is 0.233. The zero-order valence-electron chi connectivity index (χ0n) is 19.4. The molecule has 0 saturated carbocycles. The van der Waals surface area contributed by atoms with Gasteiger partial charge in [0.1, 0.15) is 6.29 Å². The van der Waals surface area contributed by atoms with Gasteiger partial charge in [0.25, 0.3) is 0 Å². The Morgan fingerprint density at radius 1 is 1.31 bits per heavy atom. The van der Waals surface area contributed by atoms with Gasteiger partial charge in [0, 0.05) is 25.5 Å². The number of rotatable bonds is 9. The van der Waals surface area contributed by atoms with E-state index in [0.29, 0.717) is 30.4 Å². The number of carboxylic acid groups (broad SMARTS) is 1. The fourth-order valence-electron chi connectivity index (χ4n) is 2.74. The molecule has 0 spiro atoms. The topological polar surface area (TPSA) is 217 Å². The molecule has 35 heavy (non-hydrogen) atoms. The van der Waals surface area contributed by atoms with E-state index in [2.05, 4.69) is 19.9 Å². The Kier molecular flexibility index (Phi) is 10.6. The van der Waals surface area contributed by atoms with E-state index in [0.717, 1.165) is 17.7 Å². The molecule has 0 amide bonds. The number of hydrogen-bond donors (Lipinski definition) is 5. The van der Waals surface area contributed by atoms with Gasteiger partial charge in [-0.3, -0.25) is 0 Å². The van der Waals surface area contributed by atoms with Crippen LogP contribution in [0, 0.1) is 5.92 Å². The molecule has 3 unspecified atom stereocenters. The van der Waals surface area contributed by atoms with Crippen molar-refractivity contribution in [1.82, 2.24) is 24.8 Å². The lowest BCUT2D eigenvalue weighted by Gasteiger charge is -2.19. The summed E-state index contributed by atoms with van der Waals surface area (Å²) in [5.41, 5.74) is 19.0. The van der Waals surface area contributed by atoms with Crippen molar-refractivity contribution in [2.75, 3.05) is 31.2 Å². The number of carboxylic acids is 1. The molecular weight excluding hydrogens is 475 g/mol. The molecule has 2 aromatic rings. The Morgan fingerprint density at radius 2 is 2.06 bits per heavy atom. The van der Waals surface area contributed by atoms with Crippen LogP contribution in [0.2, 0.25) is 0 Å². The van der Waals surface area contributed by atoms with Crippen molar-refractivity contribution >= 4 is 43.6 Å². The maximum Gasteiger partial charge on any atom is 0.332 e. The second-order valence-corrected chi connectivity index (χ2v) is 8.72. The van der Waals surface area contributed by atoms with Crippen LogP contribution in [0.4, 0.5) is 11.8 Å². The minimum Gasteiger partial charge on any atom is -0.479 e. The van der Waals surface area contributed by atoms with E-state index < -0.39 is 20.4 Å². The minimum absolute atomic E-state index is 0.0736. The van der Waals surface area contributed by atoms with Crippen LogP contribution in [0.3, 0.4) is 0 Å². The summed E-state index contributed by atoms with van der Waals surface area (Å²) in [5.74, 6) is -0.997. The van der Waals surface area contributed by atoms with Gasteiger partial charge in [0.15, 0.2) is 31.5 Å². The molecule has 13 nitrogen and oxygen atoms in total. The van der Waals surface area contributed by atoms with Crippen molar-refractivity contribution in [1.29, 1.82) is 0 Å². The highest BCUT2D eigenvalue weighted by Crippen LogP contribution is 2.31. The number of nitrogen functional groups attached to an aromatic ring is 2. The Labute approximate surface area is 203 Å². The van der Waals surface area contributed by atoms with Gasteiger partial charge in [0.2, 0.25) is 5.95 Å². The molecule has 8 N–H and O–H groups in total. The molecular formula is C21H29N8O5P. The van der Waals surface area contributed by atoms with Crippen LogP contribution >= 0.6 is 8.38 Å². The SMILES string of the molecule is CC(OP(O)CCN)C(=O)O.CN(Cc1cnc2nc(N)nc(N)c2n1)C1=CC=CC(C=O)C=C1. The molecule has 188 valence electrons. The van der Waals surface area contributed by atoms with E-state index in [4.69, 9.17) is 31.7 Å². The lowest BCUT2D eigenvalue weighted by Crippen LogP contribution is -2.18. The summed E-state index contributed by atoms with van der Waals surface area (Å²) in [4.78, 5) is 48.7. The molecule has 0 radical (unpaired) electrons. The summed E-state index contributed by atoms with van der Waals surface area (Å²) >= 11 is 0. The maximum atomic E-state index is 10.9. The van der Waals surface area contributed by atoms with Gasteiger partial charge >= 0.3 is 5.97 Å². The highest BCUT2D eigenvalue weighted by Gasteiger charge is 2.16. The van der Waals surface area contributed by atoms with Gasteiger partial charge < -0.3 is 41.4 Å². The average molecular weight is 504 g/mol. The lowest BCUT2D eigenvalue weighted by atomic mass is 10.1.